The van der Waals surface area contributed by atoms with Crippen LogP contribution in [0.4, 0.5) is 21.9 Å². The van der Waals surface area contributed by atoms with Crippen molar-refractivity contribution in [3.05, 3.63) is 94.3 Å². The molecule has 19 nitrogen and oxygen atoms in total. The van der Waals surface area contributed by atoms with E-state index >= 15 is 0 Å². The molecule has 0 radical (unpaired) electrons. The molecule has 1 aromatic heterocycles. The topological polar surface area (TPSA) is 263 Å². The van der Waals surface area contributed by atoms with Gasteiger partial charge in [0.1, 0.15) is 17.0 Å². The number of primary amides is 1. The number of Topliss-reactive ketones (excluding diaryl/α,β-unsaturated/α-hetero) is 1. The molecular formula is C53H74N8O11. The van der Waals surface area contributed by atoms with Crippen molar-refractivity contribution >= 4 is 40.8 Å². The summed E-state index contributed by atoms with van der Waals surface area (Å²) >= 11 is 0. The second-order valence-electron chi connectivity index (χ2n) is 19.7. The molecule has 1 aliphatic rings. The highest BCUT2D eigenvalue weighted by Crippen LogP contribution is 2.37. The number of fused-ring (bicyclic) bond motifs is 1. The van der Waals surface area contributed by atoms with Gasteiger partial charge < -0.3 is 49.9 Å². The highest BCUT2D eigenvalue weighted by atomic mass is 16.6. The fraction of sp³-hybridized carbons (Fsp3) is 0.528. The van der Waals surface area contributed by atoms with E-state index in [0.717, 1.165) is 42.6 Å². The van der Waals surface area contributed by atoms with Gasteiger partial charge in [0, 0.05) is 38.2 Å². The van der Waals surface area contributed by atoms with E-state index in [1.54, 1.807) is 63.2 Å². The number of azo groups is 1. The van der Waals surface area contributed by atoms with Crippen molar-refractivity contribution < 1.29 is 52.7 Å². The zero-order valence-electron chi connectivity index (χ0n) is 42.9. The van der Waals surface area contributed by atoms with Gasteiger partial charge in [-0.25, -0.2) is 14.3 Å². The quantitative estimate of drug-likeness (QED) is 0.0148. The highest BCUT2D eigenvalue weighted by molar-refractivity contribution is 6.00. The summed E-state index contributed by atoms with van der Waals surface area (Å²) in [7, 11) is 0. The lowest BCUT2D eigenvalue weighted by molar-refractivity contribution is -0.00904. The Labute approximate surface area is 422 Å². The normalized spacial score (nSPS) is 14.2. The predicted molar refractivity (Wildman–Crippen MR) is 273 cm³/mol. The Hall–Kier alpha value is -6.25. The number of rotatable bonds is 29. The lowest BCUT2D eigenvalue weighted by atomic mass is 9.75. The largest absolute Gasteiger partial charge is 0.506 e. The number of carbonyl (C=O) groups excluding carboxylic acids is 4. The average Bonchev–Trinajstić information content (AvgIpc) is 3.64. The Kier molecular flexibility index (Phi) is 21.7. The van der Waals surface area contributed by atoms with Crippen LogP contribution >= 0.6 is 0 Å². The number of phenols is 1. The molecule has 392 valence electrons. The maximum absolute atomic E-state index is 12.9. The van der Waals surface area contributed by atoms with Crippen molar-refractivity contribution in [2.75, 3.05) is 71.3 Å². The molecule has 0 aliphatic heterocycles. The number of amides is 2. The fourth-order valence-electron chi connectivity index (χ4n) is 7.91. The number of aryl methyl sites for hydroxylation is 1. The minimum Gasteiger partial charge on any atom is -0.506 e. The molecule has 7 N–H and O–H groups in total. The summed E-state index contributed by atoms with van der Waals surface area (Å²) in [5.74, 6) is -0.597. The number of hydrogen-bond acceptors (Lipinski definition) is 16. The molecule has 2 unspecified atom stereocenters. The first kappa shape index (κ1) is 56.7. The first-order chi connectivity index (χ1) is 34.3. The second-order valence-corrected chi connectivity index (χ2v) is 19.7. The number of nitrogens with zero attached hydrogens (tertiary/aromatic N) is 4. The standard InChI is InChI=1S/C53H74N8O11/c1-35(9-8-21-56-42-32-40(15-16-41(42)49(55)64)61-44-33-53(6,7)34-46(63)48(44)36(2)60-61)19-23-67-25-27-69-29-30-70-28-26-68-24-20-47(54)71-50(65)38-11-13-39(14-12-38)58-59-43-31-37(10-17-45(43)62)18-22-57-51(66)72-52(3,4)5/h10-17,31-32,35,47,56,62H,8-9,18-30,33-34,54H2,1-7H3,(H2,55,64)(H,57,66). The van der Waals surface area contributed by atoms with Crippen LogP contribution in [0.1, 0.15) is 122 Å². The van der Waals surface area contributed by atoms with Gasteiger partial charge in [0.2, 0.25) is 0 Å². The second kappa shape index (κ2) is 27.5. The third-order valence-electron chi connectivity index (χ3n) is 11.6. The number of nitrogens with one attached hydrogen (secondary N) is 2. The number of nitrogens with two attached hydrogens (primary N) is 2. The molecule has 5 rings (SSSR count). The van der Waals surface area contributed by atoms with E-state index in [-0.39, 0.29) is 34.8 Å². The van der Waals surface area contributed by atoms with Gasteiger partial charge in [-0.1, -0.05) is 26.8 Å². The first-order valence-corrected chi connectivity index (χ1v) is 24.7. The number of phenolic OH excluding ortho intramolecular Hbond substituents is 1. The van der Waals surface area contributed by atoms with Crippen LogP contribution < -0.4 is 22.1 Å². The third kappa shape index (κ3) is 18.7. The van der Waals surface area contributed by atoms with E-state index in [1.807, 2.05) is 23.7 Å². The van der Waals surface area contributed by atoms with Gasteiger partial charge in [0.05, 0.1) is 85.7 Å². The average molecular weight is 999 g/mol. The van der Waals surface area contributed by atoms with E-state index in [1.165, 1.54) is 6.07 Å². The minimum absolute atomic E-state index is 0.0521. The van der Waals surface area contributed by atoms with Crippen LogP contribution in [0, 0.1) is 18.3 Å². The van der Waals surface area contributed by atoms with Crippen LogP contribution in [0.25, 0.3) is 5.69 Å². The van der Waals surface area contributed by atoms with E-state index < -0.39 is 29.8 Å². The summed E-state index contributed by atoms with van der Waals surface area (Å²) in [4.78, 5) is 49.8. The summed E-state index contributed by atoms with van der Waals surface area (Å²) in [5.41, 5.74) is 17.0. The molecule has 0 saturated heterocycles. The van der Waals surface area contributed by atoms with E-state index in [2.05, 4.69) is 41.6 Å². The Morgan fingerprint density at radius 2 is 1.50 bits per heavy atom. The predicted octanol–water partition coefficient (Wildman–Crippen LogP) is 8.44. The van der Waals surface area contributed by atoms with Crippen LogP contribution in [-0.4, -0.2) is 116 Å². The minimum atomic E-state index is -0.865. The number of ether oxygens (including phenoxy) is 6. The van der Waals surface area contributed by atoms with Gasteiger partial charge in [-0.3, -0.25) is 15.3 Å². The molecule has 1 heterocycles. The third-order valence-corrected chi connectivity index (χ3v) is 11.6. The number of aromatic nitrogens is 2. The zero-order valence-corrected chi connectivity index (χ0v) is 42.9. The highest BCUT2D eigenvalue weighted by Gasteiger charge is 2.36. The van der Waals surface area contributed by atoms with Crippen LogP contribution in [0.5, 0.6) is 5.75 Å². The van der Waals surface area contributed by atoms with Crippen molar-refractivity contribution in [2.45, 2.75) is 105 Å². The number of esters is 1. The molecule has 72 heavy (non-hydrogen) atoms. The molecule has 0 saturated carbocycles. The van der Waals surface area contributed by atoms with Gasteiger partial charge >= 0.3 is 12.1 Å². The van der Waals surface area contributed by atoms with E-state index in [0.29, 0.717) is 113 Å². The molecule has 0 bridgehead atoms. The number of aromatic hydroxyl groups is 1. The van der Waals surface area contributed by atoms with Crippen LogP contribution in [-0.2, 0) is 41.3 Å². The van der Waals surface area contributed by atoms with Gasteiger partial charge in [-0.05, 0) is 131 Å². The van der Waals surface area contributed by atoms with Gasteiger partial charge in [-0.15, -0.1) is 5.11 Å². The van der Waals surface area contributed by atoms with Gasteiger partial charge in [0.15, 0.2) is 12.0 Å². The van der Waals surface area contributed by atoms with Crippen molar-refractivity contribution in [3.8, 4) is 11.4 Å². The monoisotopic (exact) mass is 999 g/mol. The Bertz CT molecular complexity index is 2450. The van der Waals surface area contributed by atoms with Crippen LogP contribution in [0.3, 0.4) is 0 Å². The van der Waals surface area contributed by atoms with Crippen molar-refractivity contribution in [1.82, 2.24) is 15.1 Å². The summed E-state index contributed by atoms with van der Waals surface area (Å²) in [5, 5.41) is 29.4. The Balaban J connectivity index is 0.854. The number of carbonyl (C=O) groups is 4. The van der Waals surface area contributed by atoms with Crippen molar-refractivity contribution in [3.63, 3.8) is 0 Å². The van der Waals surface area contributed by atoms with Crippen molar-refractivity contribution in [1.29, 1.82) is 0 Å². The number of benzene rings is 3. The van der Waals surface area contributed by atoms with Crippen LogP contribution in [0.15, 0.2) is 70.9 Å². The number of hydrogen-bond donors (Lipinski definition) is 5. The fourth-order valence-corrected chi connectivity index (χ4v) is 7.91. The first-order valence-electron chi connectivity index (χ1n) is 24.7. The summed E-state index contributed by atoms with van der Waals surface area (Å²) in [6.07, 6.45) is 3.42. The van der Waals surface area contributed by atoms with E-state index in [9.17, 15) is 24.3 Å². The molecular weight excluding hydrogens is 925 g/mol. The number of ketones is 1. The SMILES string of the molecule is Cc1nn(-c2ccc(C(N)=O)c(NCCCC(C)CCOCCOCCOCCOCCC(N)OC(=O)c3ccc(N=Nc4cc(CCNC(=O)OC(C)(C)C)ccc4O)cc3)c2)c2c1C(=O)CC(C)(C)C2. The Morgan fingerprint density at radius 3 is 2.15 bits per heavy atom. The summed E-state index contributed by atoms with van der Waals surface area (Å²) in [6.45, 7) is 18.0. The van der Waals surface area contributed by atoms with Gasteiger partial charge in [0.25, 0.3) is 5.91 Å². The molecule has 4 aromatic rings. The van der Waals surface area contributed by atoms with E-state index in [4.69, 9.17) is 45.0 Å². The molecule has 2 atom stereocenters. The molecule has 19 heteroatoms. The molecule has 1 aliphatic carbocycles. The molecule has 0 fully saturated rings. The van der Waals surface area contributed by atoms with Crippen LogP contribution in [0.2, 0.25) is 0 Å². The molecule has 2 amide bonds. The Morgan fingerprint density at radius 1 is 0.847 bits per heavy atom. The summed E-state index contributed by atoms with van der Waals surface area (Å²) < 4.78 is 35.0. The lowest BCUT2D eigenvalue weighted by Gasteiger charge is -2.29. The van der Waals surface area contributed by atoms with Crippen molar-refractivity contribution in [2.24, 2.45) is 33.0 Å². The number of anilines is 1. The summed E-state index contributed by atoms with van der Waals surface area (Å²) in [6, 6.07) is 16.6. The zero-order chi connectivity index (χ0) is 52.3. The number of alkyl carbamates (subject to hydrolysis) is 1. The molecule has 3 aromatic carbocycles. The lowest BCUT2D eigenvalue weighted by Crippen LogP contribution is -2.33. The maximum atomic E-state index is 12.9. The van der Waals surface area contributed by atoms with Gasteiger partial charge in [-0.2, -0.15) is 10.2 Å². The molecule has 0 spiro atoms. The smallest absolute Gasteiger partial charge is 0.407 e. The maximum Gasteiger partial charge on any atom is 0.407 e.